The Balaban J connectivity index is 1.36. The summed E-state index contributed by atoms with van der Waals surface area (Å²) in [6, 6.07) is 5.04. The van der Waals surface area contributed by atoms with E-state index < -0.39 is 17.9 Å². The van der Waals surface area contributed by atoms with Gasteiger partial charge in [-0.3, -0.25) is 4.79 Å². The van der Waals surface area contributed by atoms with Gasteiger partial charge in [0.05, 0.1) is 12.2 Å². The number of carbonyl (C=O) groups excluding carboxylic acids is 2. The monoisotopic (exact) mass is 386 g/mol. The molecule has 0 radical (unpaired) electrons. The first kappa shape index (κ1) is 18.5. The van der Waals surface area contributed by atoms with Crippen molar-refractivity contribution in [2.45, 2.75) is 51.1 Å². The number of urea groups is 1. The van der Waals surface area contributed by atoms with Crippen molar-refractivity contribution >= 4 is 17.6 Å². The van der Waals surface area contributed by atoms with Crippen molar-refractivity contribution in [3.63, 3.8) is 0 Å². The van der Waals surface area contributed by atoms with Gasteiger partial charge in [-0.25, -0.2) is 9.18 Å². The van der Waals surface area contributed by atoms with Crippen molar-refractivity contribution in [2.75, 3.05) is 11.4 Å². The summed E-state index contributed by atoms with van der Waals surface area (Å²) in [5, 5.41) is 9.52. The molecule has 0 spiro atoms. The molecule has 1 aliphatic heterocycles. The van der Waals surface area contributed by atoms with E-state index in [0.717, 1.165) is 42.7 Å². The van der Waals surface area contributed by atoms with Crippen molar-refractivity contribution in [3.05, 3.63) is 47.1 Å². The predicted molar refractivity (Wildman–Crippen MR) is 100 cm³/mol. The molecule has 8 heteroatoms. The highest BCUT2D eigenvalue weighted by molar-refractivity contribution is 5.99. The van der Waals surface area contributed by atoms with E-state index in [1.54, 1.807) is 18.2 Å². The molecule has 1 aromatic carbocycles. The molecule has 7 nitrogen and oxygen atoms in total. The third-order valence-electron chi connectivity index (χ3n) is 5.34. The summed E-state index contributed by atoms with van der Waals surface area (Å²) in [4.78, 5) is 26.4. The third-order valence-corrected chi connectivity index (χ3v) is 5.34. The van der Waals surface area contributed by atoms with E-state index in [-0.39, 0.29) is 18.1 Å². The molecule has 3 amide bonds. The van der Waals surface area contributed by atoms with Crippen LogP contribution in [0.2, 0.25) is 0 Å². The number of anilines is 1. The van der Waals surface area contributed by atoms with Crippen LogP contribution in [0.25, 0.3) is 0 Å². The van der Waals surface area contributed by atoms with Gasteiger partial charge in [0.25, 0.3) is 0 Å². The third kappa shape index (κ3) is 3.72. The molecule has 1 saturated heterocycles. The number of hydrogen-bond donors (Lipinski definition) is 2. The SMILES string of the molecule is O=C(NCc1noc2c1CCCC2)N[C@@H]1CCCN(c2ccccc2F)C1=O. The van der Waals surface area contributed by atoms with Crippen molar-refractivity contribution in [3.8, 4) is 0 Å². The molecule has 1 aliphatic carbocycles. The number of piperidine rings is 1. The van der Waals surface area contributed by atoms with Crippen LogP contribution >= 0.6 is 0 Å². The summed E-state index contributed by atoms with van der Waals surface area (Å²) < 4.78 is 19.4. The maximum Gasteiger partial charge on any atom is 0.315 e. The zero-order valence-corrected chi connectivity index (χ0v) is 15.5. The second kappa shape index (κ2) is 8.00. The van der Waals surface area contributed by atoms with Crippen molar-refractivity contribution in [1.82, 2.24) is 15.8 Å². The number of rotatable bonds is 4. The Morgan fingerprint density at radius 2 is 2.07 bits per heavy atom. The van der Waals surface area contributed by atoms with Crippen LogP contribution in [-0.4, -0.2) is 29.7 Å². The summed E-state index contributed by atoms with van der Waals surface area (Å²) in [5.41, 5.74) is 2.08. The van der Waals surface area contributed by atoms with Gasteiger partial charge in [0.2, 0.25) is 5.91 Å². The average molecular weight is 386 g/mol. The number of carbonyl (C=O) groups is 2. The summed E-state index contributed by atoms with van der Waals surface area (Å²) in [7, 11) is 0. The second-order valence-corrected chi connectivity index (χ2v) is 7.20. The normalized spacial score (nSPS) is 19.2. The Hall–Kier alpha value is -2.90. The zero-order chi connectivity index (χ0) is 19.5. The second-order valence-electron chi connectivity index (χ2n) is 7.20. The molecule has 28 heavy (non-hydrogen) atoms. The van der Waals surface area contributed by atoms with Gasteiger partial charge in [0, 0.05) is 18.5 Å². The van der Waals surface area contributed by atoms with E-state index in [2.05, 4.69) is 15.8 Å². The lowest BCUT2D eigenvalue weighted by molar-refractivity contribution is -0.121. The van der Waals surface area contributed by atoms with Crippen molar-refractivity contribution in [2.24, 2.45) is 0 Å². The fourth-order valence-corrected chi connectivity index (χ4v) is 3.88. The topological polar surface area (TPSA) is 87.5 Å². The molecule has 0 unspecified atom stereocenters. The largest absolute Gasteiger partial charge is 0.361 e. The average Bonchev–Trinajstić information content (AvgIpc) is 3.12. The number of aromatic nitrogens is 1. The van der Waals surface area contributed by atoms with E-state index in [0.29, 0.717) is 19.4 Å². The van der Waals surface area contributed by atoms with Gasteiger partial charge < -0.3 is 20.1 Å². The molecule has 1 fully saturated rings. The summed E-state index contributed by atoms with van der Waals surface area (Å²) >= 11 is 0. The zero-order valence-electron chi connectivity index (χ0n) is 15.5. The van der Waals surface area contributed by atoms with Crippen LogP contribution in [0.1, 0.15) is 42.7 Å². The maximum atomic E-state index is 14.0. The van der Waals surface area contributed by atoms with E-state index in [1.807, 2.05) is 0 Å². The van der Waals surface area contributed by atoms with Gasteiger partial charge in [-0.1, -0.05) is 17.3 Å². The lowest BCUT2D eigenvalue weighted by atomic mass is 9.96. The lowest BCUT2D eigenvalue weighted by Crippen LogP contribution is -2.54. The Bertz CT molecular complexity index is 882. The van der Waals surface area contributed by atoms with Crippen LogP contribution in [0, 0.1) is 5.82 Å². The fourth-order valence-electron chi connectivity index (χ4n) is 3.88. The van der Waals surface area contributed by atoms with Crippen LogP contribution in [0.5, 0.6) is 0 Å². The molecule has 2 heterocycles. The minimum atomic E-state index is -0.681. The Morgan fingerprint density at radius 1 is 1.25 bits per heavy atom. The predicted octanol–water partition coefficient (Wildman–Crippen LogP) is 2.69. The first-order chi connectivity index (χ1) is 13.6. The number of amides is 3. The van der Waals surface area contributed by atoms with Crippen LogP contribution in [0.4, 0.5) is 14.9 Å². The molecular weight excluding hydrogens is 363 g/mol. The summed E-state index contributed by atoms with van der Waals surface area (Å²) in [6.07, 6.45) is 5.19. The van der Waals surface area contributed by atoms with Crippen LogP contribution in [-0.2, 0) is 24.2 Å². The standard InChI is InChI=1S/C20H23FN4O3/c21-14-7-2-3-9-17(14)25-11-5-8-15(19(25)26)23-20(27)22-12-16-13-6-1-4-10-18(13)28-24-16/h2-3,7,9,15H,1,4-6,8,10-12H2,(H2,22,23,27)/t15-/m1/s1. The Labute approximate surface area is 162 Å². The molecule has 2 aromatic rings. The lowest BCUT2D eigenvalue weighted by Gasteiger charge is -2.32. The first-order valence-corrected chi connectivity index (χ1v) is 9.70. The maximum absolute atomic E-state index is 14.0. The molecule has 2 aliphatic rings. The van der Waals surface area contributed by atoms with E-state index in [4.69, 9.17) is 4.52 Å². The minimum absolute atomic E-state index is 0.244. The van der Waals surface area contributed by atoms with Crippen LogP contribution in [0.15, 0.2) is 28.8 Å². The smallest absolute Gasteiger partial charge is 0.315 e. The van der Waals surface area contributed by atoms with Gasteiger partial charge in [-0.2, -0.15) is 0 Å². The number of nitrogens with zero attached hydrogens (tertiary/aromatic N) is 2. The molecular formula is C20H23FN4O3. The summed E-state index contributed by atoms with van der Waals surface area (Å²) in [6.45, 7) is 0.688. The van der Waals surface area contributed by atoms with Crippen LogP contribution < -0.4 is 15.5 Å². The highest BCUT2D eigenvalue weighted by Gasteiger charge is 2.32. The fraction of sp³-hybridized carbons (Fsp3) is 0.450. The van der Waals surface area contributed by atoms with Gasteiger partial charge in [0.15, 0.2) is 0 Å². The Kier molecular flexibility index (Phi) is 5.27. The number of fused-ring (bicyclic) bond motifs is 1. The highest BCUT2D eigenvalue weighted by atomic mass is 19.1. The molecule has 1 aromatic heterocycles. The molecule has 1 atom stereocenters. The van der Waals surface area contributed by atoms with Gasteiger partial charge in [0.1, 0.15) is 23.3 Å². The molecule has 0 bridgehead atoms. The number of nitrogens with one attached hydrogen (secondary N) is 2. The number of aryl methyl sites for hydroxylation is 1. The summed E-state index contributed by atoms with van der Waals surface area (Å²) in [5.74, 6) is 0.161. The number of benzene rings is 1. The van der Waals surface area contributed by atoms with Crippen molar-refractivity contribution < 1.29 is 18.5 Å². The highest BCUT2D eigenvalue weighted by Crippen LogP contribution is 2.25. The first-order valence-electron chi connectivity index (χ1n) is 9.70. The number of para-hydroxylation sites is 1. The van der Waals surface area contributed by atoms with Crippen LogP contribution in [0.3, 0.4) is 0 Å². The van der Waals surface area contributed by atoms with Gasteiger partial charge in [-0.05, 0) is 44.2 Å². The van der Waals surface area contributed by atoms with E-state index in [1.165, 1.54) is 11.0 Å². The quantitative estimate of drug-likeness (QED) is 0.846. The molecule has 0 saturated carbocycles. The van der Waals surface area contributed by atoms with Gasteiger partial charge in [-0.15, -0.1) is 0 Å². The minimum Gasteiger partial charge on any atom is -0.361 e. The molecule has 4 rings (SSSR count). The molecule has 2 N–H and O–H groups in total. The van der Waals surface area contributed by atoms with E-state index >= 15 is 0 Å². The molecule has 148 valence electrons. The van der Waals surface area contributed by atoms with E-state index in [9.17, 15) is 14.0 Å². The number of hydrogen-bond acceptors (Lipinski definition) is 4. The van der Waals surface area contributed by atoms with Gasteiger partial charge >= 0.3 is 6.03 Å². The Morgan fingerprint density at radius 3 is 2.93 bits per heavy atom. The van der Waals surface area contributed by atoms with Crippen molar-refractivity contribution in [1.29, 1.82) is 0 Å². The number of halogens is 1.